The molecule has 1 aliphatic carbocycles. The number of rotatable bonds is 1. The fraction of sp³-hybridized carbons (Fsp3) is 0.750. The van der Waals surface area contributed by atoms with Crippen LogP contribution in [0.25, 0.3) is 0 Å². The second-order valence-corrected chi connectivity index (χ2v) is 6.00. The van der Waals surface area contributed by atoms with Crippen LogP contribution in [0.2, 0.25) is 0 Å². The van der Waals surface area contributed by atoms with Gasteiger partial charge in [-0.2, -0.15) is 18.3 Å². The number of nitrogens with zero attached hydrogens (tertiary/aromatic N) is 2. The number of hydrogen-bond acceptors (Lipinski definition) is 3. The van der Waals surface area contributed by atoms with Gasteiger partial charge in [0.05, 0.1) is 23.7 Å². The van der Waals surface area contributed by atoms with Gasteiger partial charge in [0.1, 0.15) is 0 Å². The first-order valence-corrected chi connectivity index (χ1v) is 7.29. The molecule has 20 heavy (non-hydrogen) atoms. The van der Waals surface area contributed by atoms with Gasteiger partial charge in [0.2, 0.25) is 0 Å². The zero-order chi connectivity index (χ0) is 14.4. The summed E-state index contributed by atoms with van der Waals surface area (Å²) in [5.41, 5.74) is -0.869. The summed E-state index contributed by atoms with van der Waals surface area (Å²) in [7, 11) is 0. The molecular weight excluding hydrogens is 341 g/mol. The van der Waals surface area contributed by atoms with Crippen LogP contribution in [-0.4, -0.2) is 28.8 Å². The van der Waals surface area contributed by atoms with Gasteiger partial charge in [-0.25, -0.2) is 0 Å². The maximum absolute atomic E-state index is 12.7. The third-order valence-electron chi connectivity index (χ3n) is 3.86. The molecule has 1 spiro atoms. The molecule has 0 amide bonds. The van der Waals surface area contributed by atoms with Crippen molar-refractivity contribution < 1.29 is 22.6 Å². The van der Waals surface area contributed by atoms with Gasteiger partial charge in [-0.1, -0.05) is 0 Å². The number of aromatic nitrogens is 2. The molecule has 1 aromatic rings. The topological polar surface area (TPSA) is 36.3 Å². The van der Waals surface area contributed by atoms with E-state index in [1.165, 1.54) is 10.9 Å². The average Bonchev–Trinajstić information content (AvgIpc) is 2.97. The lowest BCUT2D eigenvalue weighted by molar-refractivity contribution is -0.182. The summed E-state index contributed by atoms with van der Waals surface area (Å²) in [6.45, 7) is 1.19. The fourth-order valence-corrected chi connectivity index (χ4v) is 3.36. The lowest BCUT2D eigenvalue weighted by Crippen LogP contribution is -2.36. The predicted molar refractivity (Wildman–Crippen MR) is 67.1 cm³/mol. The lowest BCUT2D eigenvalue weighted by atomic mass is 9.90. The Hall–Kier alpha value is -0.600. The van der Waals surface area contributed by atoms with Crippen molar-refractivity contribution in [1.29, 1.82) is 0 Å². The van der Waals surface area contributed by atoms with Crippen molar-refractivity contribution in [3.8, 4) is 0 Å². The van der Waals surface area contributed by atoms with Crippen molar-refractivity contribution in [2.45, 2.75) is 43.7 Å². The molecular formula is C12H14BrF3N2O2. The number of ether oxygens (including phenoxy) is 2. The van der Waals surface area contributed by atoms with Crippen molar-refractivity contribution in [1.82, 2.24) is 9.78 Å². The molecule has 2 fully saturated rings. The highest BCUT2D eigenvalue weighted by Crippen LogP contribution is 2.41. The zero-order valence-electron chi connectivity index (χ0n) is 10.6. The summed E-state index contributed by atoms with van der Waals surface area (Å²) < 4.78 is 50.8. The lowest BCUT2D eigenvalue weighted by Gasteiger charge is -2.35. The largest absolute Gasteiger partial charge is 0.436 e. The summed E-state index contributed by atoms with van der Waals surface area (Å²) in [6.07, 6.45) is -0.247. The molecule has 0 radical (unpaired) electrons. The highest BCUT2D eigenvalue weighted by molar-refractivity contribution is 9.10. The molecule has 2 heterocycles. The van der Waals surface area contributed by atoms with E-state index in [0.29, 0.717) is 38.9 Å². The number of hydrogen-bond donors (Lipinski definition) is 0. The molecule has 1 aliphatic heterocycles. The third kappa shape index (κ3) is 2.60. The van der Waals surface area contributed by atoms with E-state index in [1.54, 1.807) is 0 Å². The van der Waals surface area contributed by atoms with Crippen LogP contribution in [0.15, 0.2) is 10.7 Å². The van der Waals surface area contributed by atoms with Gasteiger partial charge in [-0.15, -0.1) is 0 Å². The molecule has 2 aliphatic rings. The molecule has 0 unspecified atom stereocenters. The van der Waals surface area contributed by atoms with Gasteiger partial charge in [-0.05, 0) is 28.8 Å². The predicted octanol–water partition coefficient (Wildman–Crippen LogP) is 3.52. The zero-order valence-corrected chi connectivity index (χ0v) is 12.2. The Labute approximate surface area is 122 Å². The van der Waals surface area contributed by atoms with Crippen molar-refractivity contribution in [2.75, 3.05) is 13.2 Å². The second kappa shape index (κ2) is 4.99. The average molecular weight is 355 g/mol. The molecule has 1 aromatic heterocycles. The van der Waals surface area contributed by atoms with Crippen molar-refractivity contribution in [3.05, 3.63) is 16.4 Å². The van der Waals surface area contributed by atoms with Crippen LogP contribution in [0.4, 0.5) is 13.2 Å². The Morgan fingerprint density at radius 2 is 1.85 bits per heavy atom. The normalized spacial score (nSPS) is 23.6. The van der Waals surface area contributed by atoms with E-state index in [2.05, 4.69) is 21.0 Å². The molecule has 8 heteroatoms. The minimum atomic E-state index is -4.43. The highest BCUT2D eigenvalue weighted by Gasteiger charge is 2.42. The van der Waals surface area contributed by atoms with Crippen LogP contribution >= 0.6 is 15.9 Å². The smallest absolute Gasteiger partial charge is 0.348 e. The van der Waals surface area contributed by atoms with E-state index in [9.17, 15) is 13.2 Å². The standard InChI is InChI=1S/C12H14BrF3N2O2/c13-9-7-18(17-10(9)12(14,15)16)8-1-3-11(4-2-8)19-5-6-20-11/h7-8H,1-6H2. The quantitative estimate of drug-likeness (QED) is 0.774. The van der Waals surface area contributed by atoms with Gasteiger partial charge in [-0.3, -0.25) is 4.68 Å². The van der Waals surface area contributed by atoms with Crippen LogP contribution < -0.4 is 0 Å². The van der Waals surface area contributed by atoms with Gasteiger partial charge in [0.25, 0.3) is 0 Å². The molecule has 0 N–H and O–H groups in total. The summed E-state index contributed by atoms with van der Waals surface area (Å²) in [4.78, 5) is 0. The SMILES string of the molecule is FC(F)(F)c1nn(C2CCC3(CC2)OCCO3)cc1Br. The highest BCUT2D eigenvalue weighted by atomic mass is 79.9. The first kappa shape index (κ1) is 14.3. The van der Waals surface area contributed by atoms with Crippen LogP contribution in [0, 0.1) is 0 Å². The third-order valence-corrected chi connectivity index (χ3v) is 4.44. The summed E-state index contributed by atoms with van der Waals surface area (Å²) in [5.74, 6) is -0.506. The minimum Gasteiger partial charge on any atom is -0.348 e. The second-order valence-electron chi connectivity index (χ2n) is 5.14. The van der Waals surface area contributed by atoms with E-state index in [1.807, 2.05) is 0 Å². The fourth-order valence-electron chi connectivity index (χ4n) is 2.84. The summed E-state index contributed by atoms with van der Waals surface area (Å²) >= 11 is 2.93. The van der Waals surface area contributed by atoms with Crippen molar-refractivity contribution >= 4 is 15.9 Å². The Balaban J connectivity index is 1.72. The molecule has 1 saturated heterocycles. The van der Waals surface area contributed by atoms with E-state index >= 15 is 0 Å². The Morgan fingerprint density at radius 1 is 1.25 bits per heavy atom. The van der Waals surface area contributed by atoms with Gasteiger partial charge < -0.3 is 9.47 Å². The monoisotopic (exact) mass is 354 g/mol. The maximum atomic E-state index is 12.7. The molecule has 112 valence electrons. The minimum absolute atomic E-state index is 0.0151. The Bertz CT molecular complexity index is 487. The van der Waals surface area contributed by atoms with E-state index < -0.39 is 17.7 Å². The molecule has 3 rings (SSSR count). The van der Waals surface area contributed by atoms with Crippen LogP contribution in [0.3, 0.4) is 0 Å². The van der Waals surface area contributed by atoms with Gasteiger partial charge in [0, 0.05) is 19.0 Å². The first-order chi connectivity index (χ1) is 9.40. The van der Waals surface area contributed by atoms with Crippen molar-refractivity contribution in [3.63, 3.8) is 0 Å². The molecule has 0 bridgehead atoms. The molecule has 0 atom stereocenters. The van der Waals surface area contributed by atoms with E-state index in [4.69, 9.17) is 9.47 Å². The van der Waals surface area contributed by atoms with Crippen LogP contribution in [0.1, 0.15) is 37.4 Å². The van der Waals surface area contributed by atoms with Crippen LogP contribution in [-0.2, 0) is 15.7 Å². The Kier molecular flexibility index (Phi) is 3.58. The maximum Gasteiger partial charge on any atom is 0.436 e. The Morgan fingerprint density at radius 3 is 2.35 bits per heavy atom. The first-order valence-electron chi connectivity index (χ1n) is 6.49. The summed E-state index contributed by atoms with van der Waals surface area (Å²) in [6, 6.07) is -0.0409. The molecule has 0 aromatic carbocycles. The van der Waals surface area contributed by atoms with E-state index in [0.717, 1.165) is 0 Å². The summed E-state index contributed by atoms with van der Waals surface area (Å²) in [5, 5.41) is 3.68. The molecule has 1 saturated carbocycles. The van der Waals surface area contributed by atoms with E-state index in [-0.39, 0.29) is 10.5 Å². The number of alkyl halides is 3. The van der Waals surface area contributed by atoms with Crippen molar-refractivity contribution in [2.24, 2.45) is 0 Å². The molecule has 4 nitrogen and oxygen atoms in total. The van der Waals surface area contributed by atoms with Gasteiger partial charge in [0.15, 0.2) is 11.5 Å². The van der Waals surface area contributed by atoms with Gasteiger partial charge >= 0.3 is 6.18 Å². The van der Waals surface area contributed by atoms with Crippen LogP contribution in [0.5, 0.6) is 0 Å². The number of halogens is 4.